The first-order valence-corrected chi connectivity index (χ1v) is 9.76. The average molecular weight is 391 g/mol. The van der Waals surface area contributed by atoms with Gasteiger partial charge in [0, 0.05) is 29.1 Å². The highest BCUT2D eigenvalue weighted by atomic mass is 35.5. The summed E-state index contributed by atoms with van der Waals surface area (Å²) in [6.07, 6.45) is 1.79. The number of aryl methyl sites for hydroxylation is 1. The number of benzene rings is 2. The van der Waals surface area contributed by atoms with Gasteiger partial charge in [0.15, 0.2) is 0 Å². The van der Waals surface area contributed by atoms with Gasteiger partial charge in [0.2, 0.25) is 5.91 Å². The van der Waals surface area contributed by atoms with Crippen LogP contribution < -0.4 is 5.32 Å². The van der Waals surface area contributed by atoms with Gasteiger partial charge < -0.3 is 5.32 Å². The molecule has 2 aromatic carbocycles. The predicted molar refractivity (Wildman–Crippen MR) is 107 cm³/mol. The largest absolute Gasteiger partial charge is 0.352 e. The van der Waals surface area contributed by atoms with Crippen molar-refractivity contribution in [2.75, 3.05) is 13.1 Å². The van der Waals surface area contributed by atoms with Gasteiger partial charge in [-0.05, 0) is 56.1 Å². The second kappa shape index (κ2) is 8.90. The zero-order valence-electron chi connectivity index (χ0n) is 15.0. The first kappa shape index (κ1) is 19.2. The number of likely N-dealkylation sites (tertiary alicyclic amines) is 1. The molecular formula is C21H24Cl2N2O. The highest BCUT2D eigenvalue weighted by Crippen LogP contribution is 2.22. The van der Waals surface area contributed by atoms with E-state index in [0.29, 0.717) is 16.6 Å². The summed E-state index contributed by atoms with van der Waals surface area (Å²) in [6, 6.07) is 14.0. The van der Waals surface area contributed by atoms with Crippen LogP contribution in [0.5, 0.6) is 0 Å². The highest BCUT2D eigenvalue weighted by Gasteiger charge is 2.24. The standard InChI is InChI=1S/C21H24Cl2N2O/c1-15-3-2-4-16(11-15)14-25-9-7-17(8-10-25)21(26)24-13-18-5-6-19(22)12-20(18)23/h2-6,11-12,17H,7-10,13-14H2,1H3,(H,24,26). The fourth-order valence-corrected chi connectivity index (χ4v) is 3.89. The van der Waals surface area contributed by atoms with E-state index in [2.05, 4.69) is 41.4 Å². The third kappa shape index (κ3) is 5.23. The first-order valence-electron chi connectivity index (χ1n) is 9.01. The van der Waals surface area contributed by atoms with E-state index >= 15 is 0 Å². The Morgan fingerprint density at radius 1 is 1.15 bits per heavy atom. The number of carbonyl (C=O) groups is 1. The lowest BCUT2D eigenvalue weighted by molar-refractivity contribution is -0.126. The van der Waals surface area contributed by atoms with Crippen LogP contribution in [0.4, 0.5) is 0 Å². The van der Waals surface area contributed by atoms with Crippen LogP contribution in [-0.4, -0.2) is 23.9 Å². The molecule has 0 unspecified atom stereocenters. The summed E-state index contributed by atoms with van der Waals surface area (Å²) in [6.45, 7) is 5.42. The Morgan fingerprint density at radius 2 is 1.92 bits per heavy atom. The quantitative estimate of drug-likeness (QED) is 0.792. The van der Waals surface area contributed by atoms with Crippen LogP contribution in [0.3, 0.4) is 0 Å². The molecule has 3 nitrogen and oxygen atoms in total. The maximum Gasteiger partial charge on any atom is 0.223 e. The Balaban J connectivity index is 1.46. The SMILES string of the molecule is Cc1cccc(CN2CCC(C(=O)NCc3ccc(Cl)cc3Cl)CC2)c1. The van der Waals surface area contributed by atoms with Gasteiger partial charge in [-0.25, -0.2) is 0 Å². The van der Waals surface area contributed by atoms with E-state index in [1.54, 1.807) is 12.1 Å². The van der Waals surface area contributed by atoms with Gasteiger partial charge in [0.25, 0.3) is 0 Å². The molecule has 1 aliphatic rings. The van der Waals surface area contributed by atoms with Gasteiger partial charge >= 0.3 is 0 Å². The Morgan fingerprint density at radius 3 is 2.62 bits per heavy atom. The molecule has 5 heteroatoms. The van der Waals surface area contributed by atoms with Crippen LogP contribution in [0.25, 0.3) is 0 Å². The topological polar surface area (TPSA) is 32.3 Å². The molecule has 3 rings (SSSR count). The molecular weight excluding hydrogens is 367 g/mol. The Labute approximate surface area is 165 Å². The molecule has 1 saturated heterocycles. The summed E-state index contributed by atoms with van der Waals surface area (Å²) in [5.41, 5.74) is 3.52. The van der Waals surface area contributed by atoms with Crippen molar-refractivity contribution in [1.29, 1.82) is 0 Å². The molecule has 1 heterocycles. The number of nitrogens with one attached hydrogen (secondary N) is 1. The van der Waals surface area contributed by atoms with E-state index < -0.39 is 0 Å². The van der Waals surface area contributed by atoms with E-state index in [9.17, 15) is 4.79 Å². The van der Waals surface area contributed by atoms with Crippen molar-refractivity contribution in [2.24, 2.45) is 5.92 Å². The zero-order valence-corrected chi connectivity index (χ0v) is 16.5. The molecule has 1 fully saturated rings. The molecule has 0 spiro atoms. The van der Waals surface area contributed by atoms with Crippen LogP contribution in [0.1, 0.15) is 29.5 Å². The lowest BCUT2D eigenvalue weighted by atomic mass is 9.95. The van der Waals surface area contributed by atoms with E-state index in [4.69, 9.17) is 23.2 Å². The van der Waals surface area contributed by atoms with Crippen molar-refractivity contribution >= 4 is 29.1 Å². The lowest BCUT2D eigenvalue weighted by Crippen LogP contribution is -2.40. The number of hydrogen-bond acceptors (Lipinski definition) is 2. The minimum atomic E-state index is 0.0786. The maximum absolute atomic E-state index is 12.5. The van der Waals surface area contributed by atoms with Crippen molar-refractivity contribution < 1.29 is 4.79 Å². The van der Waals surface area contributed by atoms with Crippen molar-refractivity contribution in [3.8, 4) is 0 Å². The van der Waals surface area contributed by atoms with E-state index in [1.165, 1.54) is 11.1 Å². The van der Waals surface area contributed by atoms with Gasteiger partial charge in [-0.1, -0.05) is 59.1 Å². The van der Waals surface area contributed by atoms with Crippen molar-refractivity contribution in [1.82, 2.24) is 10.2 Å². The highest BCUT2D eigenvalue weighted by molar-refractivity contribution is 6.35. The molecule has 1 aliphatic heterocycles. The summed E-state index contributed by atoms with van der Waals surface area (Å²) < 4.78 is 0. The van der Waals surface area contributed by atoms with Crippen LogP contribution in [0, 0.1) is 12.8 Å². The predicted octanol–water partition coefficient (Wildman–Crippen LogP) is 4.83. The molecule has 1 amide bonds. The van der Waals surface area contributed by atoms with Crippen molar-refractivity contribution in [2.45, 2.75) is 32.9 Å². The first-order chi connectivity index (χ1) is 12.5. The van der Waals surface area contributed by atoms with Crippen molar-refractivity contribution in [3.05, 3.63) is 69.2 Å². The molecule has 0 aromatic heterocycles. The Kier molecular flexibility index (Phi) is 6.58. The van der Waals surface area contributed by atoms with Crippen LogP contribution in [0.15, 0.2) is 42.5 Å². The number of rotatable bonds is 5. The van der Waals surface area contributed by atoms with Gasteiger partial charge in [0.05, 0.1) is 0 Å². The van der Waals surface area contributed by atoms with E-state index in [1.807, 2.05) is 6.07 Å². The third-order valence-corrected chi connectivity index (χ3v) is 5.50. The minimum Gasteiger partial charge on any atom is -0.352 e. The molecule has 2 aromatic rings. The third-order valence-electron chi connectivity index (χ3n) is 4.92. The van der Waals surface area contributed by atoms with Gasteiger partial charge in [0.1, 0.15) is 0 Å². The number of carbonyl (C=O) groups excluding carboxylic acids is 1. The van der Waals surface area contributed by atoms with E-state index in [0.717, 1.165) is 38.0 Å². The molecule has 138 valence electrons. The average Bonchev–Trinajstić information content (AvgIpc) is 2.61. The number of hydrogen-bond donors (Lipinski definition) is 1. The summed E-state index contributed by atoms with van der Waals surface area (Å²) in [7, 11) is 0. The summed E-state index contributed by atoms with van der Waals surface area (Å²) in [5.74, 6) is 0.195. The Bertz CT molecular complexity index is 770. The molecule has 26 heavy (non-hydrogen) atoms. The molecule has 0 saturated carbocycles. The normalized spacial score (nSPS) is 15.8. The lowest BCUT2D eigenvalue weighted by Gasteiger charge is -2.31. The van der Waals surface area contributed by atoms with E-state index in [-0.39, 0.29) is 11.8 Å². The Hall–Kier alpha value is -1.55. The summed E-state index contributed by atoms with van der Waals surface area (Å²) in [4.78, 5) is 14.9. The number of halogens is 2. The van der Waals surface area contributed by atoms with Crippen LogP contribution in [-0.2, 0) is 17.9 Å². The fraction of sp³-hybridized carbons (Fsp3) is 0.381. The number of amides is 1. The smallest absolute Gasteiger partial charge is 0.223 e. The van der Waals surface area contributed by atoms with Crippen molar-refractivity contribution in [3.63, 3.8) is 0 Å². The molecule has 0 aliphatic carbocycles. The summed E-state index contributed by atoms with van der Waals surface area (Å²) >= 11 is 12.1. The minimum absolute atomic E-state index is 0.0786. The molecule has 1 N–H and O–H groups in total. The van der Waals surface area contributed by atoms with Gasteiger partial charge in [-0.15, -0.1) is 0 Å². The molecule has 0 radical (unpaired) electrons. The van der Waals surface area contributed by atoms with Gasteiger partial charge in [-0.2, -0.15) is 0 Å². The molecule has 0 bridgehead atoms. The second-order valence-corrected chi connectivity index (χ2v) is 7.84. The zero-order chi connectivity index (χ0) is 18.5. The fourth-order valence-electron chi connectivity index (χ4n) is 3.41. The number of piperidine rings is 1. The monoisotopic (exact) mass is 390 g/mol. The van der Waals surface area contributed by atoms with Crippen LogP contribution >= 0.6 is 23.2 Å². The second-order valence-electron chi connectivity index (χ2n) is 6.99. The maximum atomic E-state index is 12.5. The number of nitrogens with zero attached hydrogens (tertiary/aromatic N) is 1. The summed E-state index contributed by atoms with van der Waals surface area (Å²) in [5, 5.41) is 4.21. The van der Waals surface area contributed by atoms with Gasteiger partial charge in [-0.3, -0.25) is 9.69 Å². The van der Waals surface area contributed by atoms with Crippen LogP contribution in [0.2, 0.25) is 10.0 Å². The molecule has 0 atom stereocenters.